The van der Waals surface area contributed by atoms with Crippen molar-refractivity contribution in [2.24, 2.45) is 32.5 Å². The summed E-state index contributed by atoms with van der Waals surface area (Å²) in [4.78, 5) is 96.0. The van der Waals surface area contributed by atoms with Gasteiger partial charge < -0.3 is 72.6 Å². The number of carboxylic acids is 3. The Morgan fingerprint density at radius 2 is 0.777 bits per heavy atom. The number of phosphoric acid groups is 1. The van der Waals surface area contributed by atoms with Crippen LogP contribution in [0.1, 0.15) is 155 Å². The monoisotopic (exact) mass is 2280 g/mol. The molecule has 9 aliphatic rings. The van der Waals surface area contributed by atoms with Crippen LogP contribution in [0.5, 0.6) is 23.4 Å². The molecule has 3 saturated heterocycles. The van der Waals surface area contributed by atoms with E-state index >= 15 is 0 Å². The van der Waals surface area contributed by atoms with Crippen LogP contribution in [0, 0.1) is 56.7 Å². The third-order valence-corrected chi connectivity index (χ3v) is 29.2. The molecular formula is C106H118F9K3N6O20P2PdS+2. The number of rotatable bonds is 26. The van der Waals surface area contributed by atoms with Gasteiger partial charge in [-0.3, -0.25) is 28.5 Å². The predicted octanol–water partition coefficient (Wildman–Crippen LogP) is 6.64. The summed E-state index contributed by atoms with van der Waals surface area (Å²) in [6, 6.07) is 60.4. The van der Waals surface area contributed by atoms with Gasteiger partial charge in [0.05, 0.1) is 48.8 Å². The van der Waals surface area contributed by atoms with Gasteiger partial charge in [-0.15, -0.1) is 6.42 Å². The van der Waals surface area contributed by atoms with E-state index in [1.54, 1.807) is 18.5 Å². The van der Waals surface area contributed by atoms with Gasteiger partial charge in [0.15, 0.2) is 0 Å². The minimum Gasteiger partial charge on any atom is -0.756 e. The smallest absolute Gasteiger partial charge is 0.756 e. The van der Waals surface area contributed by atoms with Crippen molar-refractivity contribution in [2.75, 3.05) is 73.1 Å². The number of aliphatic carboxylic acids is 3. The number of hydrogen-bond donors (Lipinski definition) is 5. The Labute approximate surface area is 999 Å². The minimum atomic E-state index is -7.37. The molecule has 0 bridgehead atoms. The number of aryl methyl sites for hydroxylation is 2. The number of carbonyl (C=O) groups is 5. The molecule has 26 nitrogen and oxygen atoms in total. The largest absolute Gasteiger partial charge is 1.00 e. The SMILES string of the molecule is C#Cc1ccc(OC(C)C)nc1.CC(=O)O.CC(=O)O.CC(C)Oc1ccc(CCc2ccc3c(c2)CC2(C3)CN(CC3(C(=O)O)CC3)C2)cn1.COC(=O)C1(CN2CC3(Cc4ccc(C#Cc5ccc(OC(C)C)nc5)cc4C3)C2)CC1.COC(=O)C1(CN2CC3(Cc4ccc(OS(=O)(=O)C(F)(F)C(F)(F)C(F)(F)C(F)(F)F)cc4C3)C2)CC1.O=P([O-])(O)O.[K+].[K+].[K+].[Pd].c1ccc(P(c2ccccc2)c2ccccc2)cc1. The van der Waals surface area contributed by atoms with Gasteiger partial charge in [0.1, 0.15) is 5.75 Å². The molecule has 0 unspecified atom stereocenters. The number of fused-ring (bicyclic) bond motifs is 3. The molecule has 3 aliphatic heterocycles. The Morgan fingerprint density at radius 3 is 1.11 bits per heavy atom. The number of likely N-dealkylation sites (tertiary alicyclic amines) is 3. The van der Waals surface area contributed by atoms with Crippen molar-refractivity contribution in [1.82, 2.24) is 29.7 Å². The number of pyridine rings is 3. The number of aromatic nitrogens is 3. The van der Waals surface area contributed by atoms with Crippen LogP contribution < -0.4 is 193 Å². The number of nitrogens with zero attached hydrogens (tertiary/aromatic N) is 6. The number of esters is 2. The van der Waals surface area contributed by atoms with Crippen LogP contribution in [-0.4, -0.2) is 208 Å². The number of methoxy groups -OCH3 is 2. The van der Waals surface area contributed by atoms with E-state index in [4.69, 9.17) is 69.2 Å². The zero-order chi connectivity index (χ0) is 105. The molecule has 6 aromatic carbocycles. The molecule has 3 spiro atoms. The summed E-state index contributed by atoms with van der Waals surface area (Å²) in [5.41, 5.74) is 11.4. The molecule has 782 valence electrons. The molecule has 0 amide bonds. The summed E-state index contributed by atoms with van der Waals surface area (Å²) in [5.74, 6) is -7.36. The Bertz CT molecular complexity index is 6130. The molecule has 3 saturated carbocycles. The first-order chi connectivity index (χ1) is 67.6. The number of alkyl halides is 9. The van der Waals surface area contributed by atoms with Crippen molar-refractivity contribution in [3.8, 4) is 47.6 Å². The first-order valence-corrected chi connectivity index (χ1v) is 50.9. The number of halogens is 9. The quantitative estimate of drug-likeness (QED) is 0.00946. The van der Waals surface area contributed by atoms with Crippen LogP contribution in [0.25, 0.3) is 0 Å². The van der Waals surface area contributed by atoms with E-state index in [2.05, 4.69) is 180 Å². The second-order valence-corrected chi connectivity index (χ2v) is 43.7. The van der Waals surface area contributed by atoms with E-state index in [0.29, 0.717) is 84.9 Å². The van der Waals surface area contributed by atoms with E-state index in [1.165, 1.54) is 69.6 Å². The van der Waals surface area contributed by atoms with Crippen LogP contribution in [-0.2, 0) is 120 Å². The maximum atomic E-state index is 13.9. The van der Waals surface area contributed by atoms with Gasteiger partial charge in [0.2, 0.25) is 17.6 Å². The van der Waals surface area contributed by atoms with Crippen LogP contribution >= 0.6 is 15.7 Å². The number of carboxylic acid groups (broad SMARTS) is 3. The molecule has 6 heterocycles. The molecule has 42 heteroatoms. The molecule has 5 N–H and O–H groups in total. The first kappa shape index (κ1) is 129. The molecule has 6 aliphatic carbocycles. The number of hydrogen-bond acceptors (Lipinski definition) is 21. The van der Waals surface area contributed by atoms with Crippen LogP contribution in [0.2, 0.25) is 0 Å². The summed E-state index contributed by atoms with van der Waals surface area (Å²) in [5, 5.41) is 21.5. The molecule has 148 heavy (non-hydrogen) atoms. The zero-order valence-electron chi connectivity index (χ0n) is 84.7. The topological polar surface area (TPSA) is 365 Å². The fourth-order valence-corrected chi connectivity index (χ4v) is 21.9. The molecule has 9 aromatic rings. The van der Waals surface area contributed by atoms with E-state index in [1.807, 2.05) is 76.9 Å². The summed E-state index contributed by atoms with van der Waals surface area (Å²) in [6.07, 6.45) is 16.0. The van der Waals surface area contributed by atoms with Gasteiger partial charge in [-0.2, -0.15) is 47.9 Å². The zero-order valence-corrected chi connectivity index (χ0v) is 98.2. The molecule has 0 radical (unpaired) electrons. The minimum absolute atomic E-state index is 0. The van der Waals surface area contributed by atoms with Gasteiger partial charge in [0, 0.05) is 163 Å². The summed E-state index contributed by atoms with van der Waals surface area (Å²) < 4.78 is 181. The predicted molar refractivity (Wildman–Crippen MR) is 520 cm³/mol. The maximum Gasteiger partial charge on any atom is 1.00 e. The van der Waals surface area contributed by atoms with Gasteiger partial charge in [0.25, 0.3) is 19.8 Å². The van der Waals surface area contributed by atoms with E-state index < -0.39 is 83.6 Å². The second-order valence-electron chi connectivity index (χ2n) is 38.9. The first-order valence-electron chi connectivity index (χ1n) is 46.6. The van der Waals surface area contributed by atoms with E-state index in [9.17, 15) is 67.4 Å². The van der Waals surface area contributed by atoms with Crippen molar-refractivity contribution in [3.63, 3.8) is 0 Å². The summed E-state index contributed by atoms with van der Waals surface area (Å²) >= 11 is 0. The summed E-state index contributed by atoms with van der Waals surface area (Å²) in [6.45, 7) is 21.5. The van der Waals surface area contributed by atoms with Gasteiger partial charge >= 0.3 is 205 Å². The third kappa shape index (κ3) is 35.4. The van der Waals surface area contributed by atoms with Gasteiger partial charge in [-0.1, -0.05) is 145 Å². The summed E-state index contributed by atoms with van der Waals surface area (Å²) in [7, 11) is -9.54. The van der Waals surface area contributed by atoms with Crippen LogP contribution in [0.4, 0.5) is 39.5 Å². The van der Waals surface area contributed by atoms with E-state index in [-0.39, 0.29) is 216 Å². The van der Waals surface area contributed by atoms with Crippen molar-refractivity contribution in [1.29, 1.82) is 0 Å². The van der Waals surface area contributed by atoms with Gasteiger partial charge in [-0.25, -0.2) is 15.0 Å². The fourth-order valence-electron chi connectivity index (χ4n) is 18.7. The number of ether oxygens (including phenoxy) is 5. The van der Waals surface area contributed by atoms with E-state index in [0.717, 1.165) is 146 Å². The number of benzene rings is 6. The fraction of sp³-hybridized carbons (Fsp3) is 0.434. The Hall–Kier alpha value is -6.25. The standard InChI is InChI=1S/C27H30N2O3.C26H32N2O3.C21H20F9NO5S.C18H15P.C10H11NO.2C2H4O2.3K.H3O4P.Pd/c1-19(2)32-24-9-7-21(15-28-24)5-4-20-6-8-22-13-26(14-23(22)12-20)16-29(17-26)18-27(10-11-27)25(30)31-3;1-18(2)31-23-8-6-20(14-27-23)4-3-19-5-7-21-12-25(13-22(21)11-19)15-28(16-25)17-26(9-10-26)24(29)30;1-35-15(32)17(4-5-17)11-31-9-16(10-31)7-12-2-3-14(6-13(12)8-16)36-37(33,34)21(29,30)19(24,25)18(22,23)20(26,27)28;1-4-10-16(11-5-1)19(17-12-6-2-7-13-17)18-14-8-3-9-15-18;1-4-9-5-6-10(11-7-9)12-8(2)3;2*1-2(3)4;;;;1-5(2,3)4;/h6-9,12,15,19H,10-11,13-14,16-18H2,1-3H3;5-8,11,14,18H,3-4,9-10,12-13,15-17H2,1-2H3,(H,29,30);2-3,6H,4-5,7-11H2,1H3;1-15H;1,5-8H,2-3H3;2*1H3,(H,3,4);;;;(H3,1,2,3,4);/q;;;;;;;3*+1;;/p-1. The second kappa shape index (κ2) is 54.9. The van der Waals surface area contributed by atoms with Crippen LogP contribution in [0.3, 0.4) is 0 Å². The Balaban J connectivity index is 0.000000248. The molecule has 3 aromatic heterocycles. The molecule has 6 fully saturated rings. The number of carbonyl (C=O) groups excluding carboxylic acids is 2. The normalized spacial score (nSPS) is 16.7. The number of terminal acetylenes is 1. The van der Waals surface area contributed by atoms with Crippen molar-refractivity contribution in [2.45, 2.75) is 187 Å². The molecular weight excluding hydrogens is 2170 g/mol. The average molecular weight is 2280 g/mol. The third-order valence-electron chi connectivity index (χ3n) is 25.5. The van der Waals surface area contributed by atoms with Crippen LogP contribution in [0.15, 0.2) is 201 Å². The maximum absolute atomic E-state index is 13.9. The van der Waals surface area contributed by atoms with Gasteiger partial charge in [-0.05, 0) is 236 Å². The Kier molecular flexibility index (Phi) is 47.7. The molecule has 18 rings (SSSR count). The van der Waals surface area contributed by atoms with Crippen molar-refractivity contribution < 1.29 is 309 Å². The van der Waals surface area contributed by atoms with Crippen molar-refractivity contribution >= 4 is 71.6 Å². The average Bonchev–Trinajstić information content (AvgIpc) is 1.52. The Morgan fingerprint density at radius 1 is 0.459 bits per heavy atom. The van der Waals surface area contributed by atoms with Crippen molar-refractivity contribution in [3.05, 3.63) is 262 Å². The molecule has 0 atom stereocenters.